The van der Waals surface area contributed by atoms with Gasteiger partial charge in [-0.25, -0.2) is 0 Å². The number of nitrogens with zero attached hydrogens (tertiary/aromatic N) is 2. The molecular weight excluding hydrogens is 306 g/mol. The minimum absolute atomic E-state index is 0.414. The first-order chi connectivity index (χ1) is 12.4. The first-order valence-electron chi connectivity index (χ1n) is 11.0. The molecule has 0 bridgehead atoms. The summed E-state index contributed by atoms with van der Waals surface area (Å²) in [6.45, 7) is 5.00. The number of aliphatic imine (C=N–C) groups is 1. The molecule has 0 aromatic rings. The van der Waals surface area contributed by atoms with Crippen LogP contribution in [0.25, 0.3) is 0 Å². The molecule has 0 amide bonds. The number of unbranched alkanes of at least 4 members (excludes halogenated alkanes) is 11. The van der Waals surface area contributed by atoms with Crippen LogP contribution in [-0.4, -0.2) is 36.9 Å². The van der Waals surface area contributed by atoms with E-state index in [0.717, 1.165) is 19.6 Å². The topological polar surface area (TPSA) is 41.6 Å². The van der Waals surface area contributed by atoms with Crippen LogP contribution in [0, 0.1) is 0 Å². The van der Waals surface area contributed by atoms with E-state index in [9.17, 15) is 0 Å². The molecule has 0 fully saturated rings. The van der Waals surface area contributed by atoms with Crippen LogP contribution in [0.15, 0.2) is 17.1 Å². The second-order valence-corrected chi connectivity index (χ2v) is 7.47. The van der Waals surface area contributed by atoms with Gasteiger partial charge in [-0.3, -0.25) is 9.89 Å². The van der Waals surface area contributed by atoms with Gasteiger partial charge in [0.05, 0.1) is 0 Å². The highest BCUT2D eigenvalue weighted by Gasteiger charge is 2.19. The van der Waals surface area contributed by atoms with E-state index < -0.39 is 0 Å². The van der Waals surface area contributed by atoms with Gasteiger partial charge in [-0.05, 0) is 38.5 Å². The molecule has 1 rings (SSSR count). The van der Waals surface area contributed by atoms with Crippen molar-refractivity contribution in [2.75, 3.05) is 19.6 Å². The molecule has 0 radical (unpaired) electrons. The van der Waals surface area contributed by atoms with Gasteiger partial charge in [0.1, 0.15) is 6.17 Å². The van der Waals surface area contributed by atoms with Gasteiger partial charge in [-0.15, -0.1) is 0 Å². The van der Waals surface area contributed by atoms with Crippen LogP contribution in [0.2, 0.25) is 0 Å². The van der Waals surface area contributed by atoms with Crippen LogP contribution >= 0.6 is 0 Å². The van der Waals surface area contributed by atoms with E-state index in [-0.39, 0.29) is 0 Å². The minimum Gasteiger partial charge on any atom is -0.329 e. The number of nitrogens with two attached hydrogens (primary N) is 1. The quantitative estimate of drug-likeness (QED) is 0.270. The third-order valence-corrected chi connectivity index (χ3v) is 5.16. The molecule has 1 aliphatic heterocycles. The standard InChI is InChI=1S/C22H43N3/c1-2-3-4-5-6-7-8-9-10-11-12-13-14-15-16-17-22-24-19-21-25(22)20-18-23/h7-8,19,22H,2-6,9-18,20-21,23H2,1H3/b8-7+. The zero-order chi connectivity index (χ0) is 18.0. The van der Waals surface area contributed by atoms with Crippen molar-refractivity contribution in [3.63, 3.8) is 0 Å². The zero-order valence-corrected chi connectivity index (χ0v) is 16.8. The Morgan fingerprint density at radius 2 is 1.52 bits per heavy atom. The first kappa shape index (κ1) is 22.4. The summed E-state index contributed by atoms with van der Waals surface area (Å²) in [7, 11) is 0. The van der Waals surface area contributed by atoms with Crippen molar-refractivity contribution in [2.24, 2.45) is 10.7 Å². The Kier molecular flexibility index (Phi) is 15.0. The molecule has 0 aromatic heterocycles. The lowest BCUT2D eigenvalue weighted by Gasteiger charge is -2.21. The van der Waals surface area contributed by atoms with Crippen LogP contribution in [0.3, 0.4) is 0 Å². The van der Waals surface area contributed by atoms with Gasteiger partial charge in [-0.1, -0.05) is 70.4 Å². The molecule has 0 aromatic carbocycles. The Morgan fingerprint density at radius 1 is 0.920 bits per heavy atom. The van der Waals surface area contributed by atoms with E-state index in [1.165, 1.54) is 89.9 Å². The monoisotopic (exact) mass is 349 g/mol. The summed E-state index contributed by atoms with van der Waals surface area (Å²) in [6, 6.07) is 0. The summed E-state index contributed by atoms with van der Waals surface area (Å²) in [6.07, 6.45) is 26.2. The van der Waals surface area contributed by atoms with Gasteiger partial charge >= 0.3 is 0 Å². The minimum atomic E-state index is 0.414. The molecule has 25 heavy (non-hydrogen) atoms. The largest absolute Gasteiger partial charge is 0.329 e. The molecule has 3 heteroatoms. The first-order valence-corrected chi connectivity index (χ1v) is 11.0. The highest BCUT2D eigenvalue weighted by Crippen LogP contribution is 2.16. The molecule has 1 unspecified atom stereocenters. The van der Waals surface area contributed by atoms with Gasteiger partial charge in [0.15, 0.2) is 0 Å². The number of rotatable bonds is 17. The lowest BCUT2D eigenvalue weighted by atomic mass is 10.1. The molecular formula is C22H43N3. The number of hydrogen-bond acceptors (Lipinski definition) is 3. The van der Waals surface area contributed by atoms with Crippen LogP contribution in [0.4, 0.5) is 0 Å². The molecule has 1 atom stereocenters. The number of hydrogen-bond donors (Lipinski definition) is 1. The Labute approximate surface area is 157 Å². The van der Waals surface area contributed by atoms with Gasteiger partial charge in [0.25, 0.3) is 0 Å². The molecule has 2 N–H and O–H groups in total. The van der Waals surface area contributed by atoms with Crippen LogP contribution in [0.5, 0.6) is 0 Å². The molecule has 146 valence electrons. The third kappa shape index (κ3) is 12.3. The average Bonchev–Trinajstić information content (AvgIpc) is 3.06. The van der Waals surface area contributed by atoms with E-state index in [4.69, 9.17) is 5.73 Å². The van der Waals surface area contributed by atoms with E-state index in [1.54, 1.807) is 0 Å². The molecule has 1 aliphatic rings. The lowest BCUT2D eigenvalue weighted by molar-refractivity contribution is 0.241. The molecule has 0 spiro atoms. The third-order valence-electron chi connectivity index (χ3n) is 5.16. The zero-order valence-electron chi connectivity index (χ0n) is 16.8. The normalized spacial score (nSPS) is 17.9. The van der Waals surface area contributed by atoms with Gasteiger partial charge in [-0.2, -0.15) is 0 Å². The molecule has 0 saturated heterocycles. The van der Waals surface area contributed by atoms with Crippen molar-refractivity contribution in [3.05, 3.63) is 12.2 Å². The van der Waals surface area contributed by atoms with Crippen molar-refractivity contribution in [3.8, 4) is 0 Å². The summed E-state index contributed by atoms with van der Waals surface area (Å²) in [4.78, 5) is 6.98. The predicted octanol–water partition coefficient (Wildman–Crippen LogP) is 5.70. The highest BCUT2D eigenvalue weighted by molar-refractivity contribution is 5.62. The van der Waals surface area contributed by atoms with Crippen molar-refractivity contribution < 1.29 is 0 Å². The summed E-state index contributed by atoms with van der Waals surface area (Å²) < 4.78 is 0. The molecule has 1 heterocycles. The fourth-order valence-corrected chi connectivity index (χ4v) is 3.55. The summed E-state index contributed by atoms with van der Waals surface area (Å²) in [5.74, 6) is 0. The van der Waals surface area contributed by atoms with E-state index in [1.807, 2.05) is 0 Å². The van der Waals surface area contributed by atoms with E-state index in [2.05, 4.69) is 35.2 Å². The van der Waals surface area contributed by atoms with Gasteiger partial charge in [0.2, 0.25) is 0 Å². The molecule has 3 nitrogen and oxygen atoms in total. The van der Waals surface area contributed by atoms with Crippen LogP contribution < -0.4 is 5.73 Å². The summed E-state index contributed by atoms with van der Waals surface area (Å²) >= 11 is 0. The maximum absolute atomic E-state index is 5.65. The smallest absolute Gasteiger partial charge is 0.102 e. The van der Waals surface area contributed by atoms with Crippen LogP contribution in [-0.2, 0) is 0 Å². The Hall–Kier alpha value is -0.670. The van der Waals surface area contributed by atoms with E-state index >= 15 is 0 Å². The second-order valence-electron chi connectivity index (χ2n) is 7.47. The fraction of sp³-hybridized carbons (Fsp3) is 0.864. The van der Waals surface area contributed by atoms with Crippen molar-refractivity contribution in [2.45, 2.75) is 103 Å². The van der Waals surface area contributed by atoms with E-state index in [0.29, 0.717) is 6.17 Å². The Balaban J connectivity index is 1.80. The van der Waals surface area contributed by atoms with Crippen molar-refractivity contribution in [1.82, 2.24) is 4.90 Å². The van der Waals surface area contributed by atoms with Gasteiger partial charge in [0, 0.05) is 25.8 Å². The number of allylic oxidation sites excluding steroid dienone is 2. The SMILES string of the molecule is CCCCCC/C=C/CCCCCCCCCC1N=CCN1CCN. The van der Waals surface area contributed by atoms with Crippen LogP contribution in [0.1, 0.15) is 96.8 Å². The lowest BCUT2D eigenvalue weighted by Crippen LogP contribution is -2.34. The highest BCUT2D eigenvalue weighted by atomic mass is 15.3. The van der Waals surface area contributed by atoms with Gasteiger partial charge < -0.3 is 5.73 Å². The van der Waals surface area contributed by atoms with Crippen molar-refractivity contribution >= 4 is 6.21 Å². The maximum atomic E-state index is 5.65. The average molecular weight is 350 g/mol. The molecule has 0 aliphatic carbocycles. The predicted molar refractivity (Wildman–Crippen MR) is 112 cm³/mol. The second kappa shape index (κ2) is 16.8. The Morgan fingerprint density at radius 3 is 2.16 bits per heavy atom. The summed E-state index contributed by atoms with van der Waals surface area (Å²) in [5.41, 5.74) is 5.65. The fourth-order valence-electron chi connectivity index (χ4n) is 3.55. The summed E-state index contributed by atoms with van der Waals surface area (Å²) in [5, 5.41) is 0. The maximum Gasteiger partial charge on any atom is 0.102 e. The Bertz CT molecular complexity index is 338. The van der Waals surface area contributed by atoms with Crippen molar-refractivity contribution in [1.29, 1.82) is 0 Å². The molecule has 0 saturated carbocycles.